The van der Waals surface area contributed by atoms with Crippen molar-refractivity contribution in [2.45, 2.75) is 25.0 Å². The zero-order valence-corrected chi connectivity index (χ0v) is 13.5. The lowest BCUT2D eigenvalue weighted by Gasteiger charge is -2.17. The van der Waals surface area contributed by atoms with Crippen molar-refractivity contribution in [3.8, 4) is 11.5 Å². The summed E-state index contributed by atoms with van der Waals surface area (Å²) in [5.41, 5.74) is 8.38. The molecule has 4 heteroatoms. The molecule has 0 spiro atoms. The Morgan fingerprint density at radius 2 is 1.86 bits per heavy atom. The van der Waals surface area contributed by atoms with Crippen molar-refractivity contribution >= 4 is 15.9 Å². The molecule has 1 fully saturated rings. The molecule has 1 atom stereocenters. The molecule has 1 saturated carbocycles. The molecule has 2 N–H and O–H groups in total. The maximum absolute atomic E-state index is 6.37. The maximum Gasteiger partial charge on any atom is 0.125 e. The molecule has 2 aromatic carbocycles. The van der Waals surface area contributed by atoms with E-state index >= 15 is 0 Å². The molecular formula is C17H18BrNO2. The van der Waals surface area contributed by atoms with Crippen LogP contribution in [0, 0.1) is 0 Å². The number of hydrogen-bond acceptors (Lipinski definition) is 3. The van der Waals surface area contributed by atoms with Crippen LogP contribution in [0.1, 0.15) is 30.0 Å². The molecule has 0 radical (unpaired) electrons. The van der Waals surface area contributed by atoms with Crippen LogP contribution in [-0.4, -0.2) is 13.2 Å². The van der Waals surface area contributed by atoms with Gasteiger partial charge in [-0.1, -0.05) is 34.1 Å². The van der Waals surface area contributed by atoms with Gasteiger partial charge in [0, 0.05) is 10.0 Å². The van der Waals surface area contributed by atoms with Crippen LogP contribution in [0.15, 0.2) is 46.9 Å². The number of hydrogen-bond donors (Lipinski definition) is 1. The summed E-state index contributed by atoms with van der Waals surface area (Å²) >= 11 is 3.44. The van der Waals surface area contributed by atoms with E-state index in [1.165, 1.54) is 0 Å². The van der Waals surface area contributed by atoms with Crippen LogP contribution in [0.3, 0.4) is 0 Å². The van der Waals surface area contributed by atoms with Gasteiger partial charge in [0.15, 0.2) is 0 Å². The summed E-state index contributed by atoms with van der Waals surface area (Å²) < 4.78 is 12.1. The van der Waals surface area contributed by atoms with E-state index in [1.807, 2.05) is 42.5 Å². The molecule has 0 bridgehead atoms. The van der Waals surface area contributed by atoms with E-state index in [2.05, 4.69) is 15.9 Å². The standard InChI is InChI=1S/C17H18BrNO2/c1-20-16-10-12(18)4-9-15(16)17(19)11-2-5-13(6-3-11)21-14-7-8-14/h2-6,9-10,14,17H,7-8,19H2,1H3. The van der Waals surface area contributed by atoms with E-state index in [0.717, 1.165) is 39.9 Å². The number of ether oxygens (including phenoxy) is 2. The molecule has 0 heterocycles. The normalized spacial score (nSPS) is 15.6. The highest BCUT2D eigenvalue weighted by atomic mass is 79.9. The summed E-state index contributed by atoms with van der Waals surface area (Å²) in [5, 5.41) is 0. The Hall–Kier alpha value is -1.52. The minimum atomic E-state index is -0.219. The van der Waals surface area contributed by atoms with Gasteiger partial charge in [0.1, 0.15) is 11.5 Å². The lowest BCUT2D eigenvalue weighted by atomic mass is 9.99. The van der Waals surface area contributed by atoms with Gasteiger partial charge in [-0.3, -0.25) is 0 Å². The number of rotatable bonds is 5. The molecule has 0 amide bonds. The lowest BCUT2D eigenvalue weighted by molar-refractivity contribution is 0.303. The smallest absolute Gasteiger partial charge is 0.125 e. The predicted molar refractivity (Wildman–Crippen MR) is 86.8 cm³/mol. The minimum absolute atomic E-state index is 0.219. The van der Waals surface area contributed by atoms with Crippen molar-refractivity contribution in [1.82, 2.24) is 0 Å². The molecule has 0 aromatic heterocycles. The number of nitrogens with two attached hydrogens (primary N) is 1. The molecule has 0 saturated heterocycles. The fraction of sp³-hybridized carbons (Fsp3) is 0.294. The third-order valence-electron chi connectivity index (χ3n) is 3.60. The van der Waals surface area contributed by atoms with Gasteiger partial charge >= 0.3 is 0 Å². The first-order valence-corrected chi connectivity index (χ1v) is 7.82. The Kier molecular flexibility index (Phi) is 4.17. The van der Waals surface area contributed by atoms with Crippen LogP contribution in [0.4, 0.5) is 0 Å². The van der Waals surface area contributed by atoms with E-state index in [-0.39, 0.29) is 6.04 Å². The van der Waals surface area contributed by atoms with Gasteiger partial charge < -0.3 is 15.2 Å². The monoisotopic (exact) mass is 347 g/mol. The molecular weight excluding hydrogens is 330 g/mol. The quantitative estimate of drug-likeness (QED) is 0.887. The molecule has 1 unspecified atom stereocenters. The predicted octanol–water partition coefficient (Wildman–Crippen LogP) is 4.05. The fourth-order valence-electron chi connectivity index (χ4n) is 2.25. The van der Waals surface area contributed by atoms with Crippen LogP contribution in [0.25, 0.3) is 0 Å². The summed E-state index contributed by atoms with van der Waals surface area (Å²) in [7, 11) is 1.66. The van der Waals surface area contributed by atoms with E-state index in [9.17, 15) is 0 Å². The van der Waals surface area contributed by atoms with E-state index in [4.69, 9.17) is 15.2 Å². The average Bonchev–Trinajstić information content (AvgIpc) is 3.31. The van der Waals surface area contributed by atoms with Gasteiger partial charge in [0.25, 0.3) is 0 Å². The van der Waals surface area contributed by atoms with Crippen molar-refractivity contribution in [2.24, 2.45) is 5.73 Å². The zero-order valence-electron chi connectivity index (χ0n) is 11.9. The average molecular weight is 348 g/mol. The van der Waals surface area contributed by atoms with Crippen LogP contribution in [-0.2, 0) is 0 Å². The van der Waals surface area contributed by atoms with E-state index in [1.54, 1.807) is 7.11 Å². The van der Waals surface area contributed by atoms with Gasteiger partial charge in [0.2, 0.25) is 0 Å². The first kappa shape index (κ1) is 14.4. The van der Waals surface area contributed by atoms with Gasteiger partial charge in [-0.25, -0.2) is 0 Å². The van der Waals surface area contributed by atoms with Crippen molar-refractivity contribution in [1.29, 1.82) is 0 Å². The molecule has 110 valence electrons. The largest absolute Gasteiger partial charge is 0.496 e. The number of benzene rings is 2. The third-order valence-corrected chi connectivity index (χ3v) is 4.09. The van der Waals surface area contributed by atoms with Crippen LogP contribution in [0.2, 0.25) is 0 Å². The Bertz CT molecular complexity index is 623. The molecule has 3 nitrogen and oxygen atoms in total. The number of methoxy groups -OCH3 is 1. The topological polar surface area (TPSA) is 44.5 Å². The number of halogens is 1. The summed E-state index contributed by atoms with van der Waals surface area (Å²) in [4.78, 5) is 0. The summed E-state index contributed by atoms with van der Waals surface area (Å²) in [5.74, 6) is 1.70. The molecule has 3 rings (SSSR count). The molecule has 2 aromatic rings. The van der Waals surface area contributed by atoms with Crippen molar-refractivity contribution < 1.29 is 9.47 Å². The van der Waals surface area contributed by atoms with Gasteiger partial charge in [0.05, 0.1) is 19.3 Å². The van der Waals surface area contributed by atoms with E-state index in [0.29, 0.717) is 6.10 Å². The summed E-state index contributed by atoms with van der Waals surface area (Å²) in [6.07, 6.45) is 2.74. The maximum atomic E-state index is 6.37. The fourth-order valence-corrected chi connectivity index (χ4v) is 2.59. The van der Waals surface area contributed by atoms with Gasteiger partial charge in [-0.15, -0.1) is 0 Å². The van der Waals surface area contributed by atoms with Crippen LogP contribution < -0.4 is 15.2 Å². The SMILES string of the molecule is COc1cc(Br)ccc1C(N)c1ccc(OC2CC2)cc1. The van der Waals surface area contributed by atoms with Gasteiger partial charge in [-0.2, -0.15) is 0 Å². The summed E-state index contributed by atoms with van der Waals surface area (Å²) in [6.45, 7) is 0. The van der Waals surface area contributed by atoms with Crippen molar-refractivity contribution in [3.05, 3.63) is 58.1 Å². The molecule has 1 aliphatic carbocycles. The first-order chi connectivity index (χ1) is 10.2. The Balaban J connectivity index is 1.81. The summed E-state index contributed by atoms with van der Waals surface area (Å²) in [6, 6.07) is 13.7. The van der Waals surface area contributed by atoms with Crippen LogP contribution in [0.5, 0.6) is 11.5 Å². The third kappa shape index (κ3) is 3.39. The highest BCUT2D eigenvalue weighted by Gasteiger charge is 2.23. The molecule has 21 heavy (non-hydrogen) atoms. The highest BCUT2D eigenvalue weighted by molar-refractivity contribution is 9.10. The minimum Gasteiger partial charge on any atom is -0.496 e. The first-order valence-electron chi connectivity index (χ1n) is 7.03. The lowest BCUT2D eigenvalue weighted by Crippen LogP contribution is -2.13. The van der Waals surface area contributed by atoms with Gasteiger partial charge in [-0.05, 0) is 42.7 Å². The highest BCUT2D eigenvalue weighted by Crippen LogP contribution is 2.32. The Labute approximate surface area is 133 Å². The second kappa shape index (κ2) is 6.08. The van der Waals surface area contributed by atoms with Crippen molar-refractivity contribution in [3.63, 3.8) is 0 Å². The second-order valence-electron chi connectivity index (χ2n) is 5.25. The Morgan fingerprint density at radius 3 is 2.48 bits per heavy atom. The van der Waals surface area contributed by atoms with Crippen LogP contribution >= 0.6 is 15.9 Å². The molecule has 0 aliphatic heterocycles. The second-order valence-corrected chi connectivity index (χ2v) is 6.17. The molecule has 1 aliphatic rings. The van der Waals surface area contributed by atoms with Crippen molar-refractivity contribution in [2.75, 3.05) is 7.11 Å². The Morgan fingerprint density at radius 1 is 1.14 bits per heavy atom. The van der Waals surface area contributed by atoms with E-state index < -0.39 is 0 Å². The zero-order chi connectivity index (χ0) is 14.8.